The molecule has 1 saturated carbocycles. The number of anilines is 1. The Hall–Kier alpha value is -1.78. The molecule has 0 spiro atoms. The molecule has 0 atom stereocenters. The molecule has 5 nitrogen and oxygen atoms in total. The van der Waals surface area contributed by atoms with Crippen molar-refractivity contribution in [3.05, 3.63) is 29.3 Å². The molecule has 2 heterocycles. The highest BCUT2D eigenvalue weighted by molar-refractivity contribution is 5.32. The smallest absolute Gasteiger partial charge is 0.203 e. The van der Waals surface area contributed by atoms with Crippen LogP contribution in [0.2, 0.25) is 0 Å². The van der Waals surface area contributed by atoms with E-state index in [0.29, 0.717) is 6.04 Å². The summed E-state index contributed by atoms with van der Waals surface area (Å²) in [7, 11) is 1.97. The molecule has 1 N–H and O–H groups in total. The molecule has 0 radical (unpaired) electrons. The van der Waals surface area contributed by atoms with Gasteiger partial charge in [-0.25, -0.2) is 4.98 Å². The highest BCUT2D eigenvalue weighted by Gasteiger charge is 2.17. The molecule has 3 rings (SSSR count). The van der Waals surface area contributed by atoms with Crippen molar-refractivity contribution in [1.29, 1.82) is 0 Å². The first kappa shape index (κ1) is 13.2. The van der Waals surface area contributed by atoms with E-state index in [2.05, 4.69) is 39.3 Å². The summed E-state index contributed by atoms with van der Waals surface area (Å²) < 4.78 is 4.08. The van der Waals surface area contributed by atoms with Crippen molar-refractivity contribution in [3.8, 4) is 0 Å². The number of imidazole rings is 1. The van der Waals surface area contributed by atoms with Crippen LogP contribution >= 0.6 is 0 Å². The standard InChI is InChI=1S/C15H23N5/c1-11-8-20(10-13-9-19(3)18-12(13)2)15(16-11)17-14-6-4-5-7-14/h8-9,14H,4-7,10H2,1-3H3,(H,16,17). The zero-order valence-corrected chi connectivity index (χ0v) is 12.6. The van der Waals surface area contributed by atoms with Crippen LogP contribution in [-0.4, -0.2) is 25.4 Å². The van der Waals surface area contributed by atoms with Gasteiger partial charge in [0.1, 0.15) is 0 Å². The normalized spacial score (nSPS) is 15.9. The summed E-state index contributed by atoms with van der Waals surface area (Å²) in [4.78, 5) is 4.63. The highest BCUT2D eigenvalue weighted by atomic mass is 15.3. The Bertz CT molecular complexity index is 589. The first-order chi connectivity index (χ1) is 9.61. The fourth-order valence-corrected chi connectivity index (χ4v) is 3.02. The Balaban J connectivity index is 1.80. The third-order valence-corrected chi connectivity index (χ3v) is 4.04. The van der Waals surface area contributed by atoms with Gasteiger partial charge in [-0.05, 0) is 26.7 Å². The fraction of sp³-hybridized carbons (Fsp3) is 0.600. The van der Waals surface area contributed by atoms with Crippen molar-refractivity contribution in [2.24, 2.45) is 7.05 Å². The van der Waals surface area contributed by atoms with Crippen LogP contribution in [0.5, 0.6) is 0 Å². The van der Waals surface area contributed by atoms with Crippen LogP contribution in [0.4, 0.5) is 5.95 Å². The molecular weight excluding hydrogens is 250 g/mol. The average Bonchev–Trinajstić information content (AvgIpc) is 3.05. The summed E-state index contributed by atoms with van der Waals surface area (Å²) in [5, 5.41) is 8.01. The van der Waals surface area contributed by atoms with Gasteiger partial charge in [0.05, 0.1) is 17.9 Å². The van der Waals surface area contributed by atoms with Gasteiger partial charge in [-0.15, -0.1) is 0 Å². The first-order valence-electron chi connectivity index (χ1n) is 7.41. The van der Waals surface area contributed by atoms with Gasteiger partial charge in [-0.1, -0.05) is 12.8 Å². The van der Waals surface area contributed by atoms with Gasteiger partial charge in [0.15, 0.2) is 0 Å². The van der Waals surface area contributed by atoms with Crippen molar-refractivity contribution < 1.29 is 0 Å². The third-order valence-electron chi connectivity index (χ3n) is 4.04. The van der Waals surface area contributed by atoms with Gasteiger partial charge in [0.2, 0.25) is 5.95 Å². The minimum absolute atomic E-state index is 0.588. The molecule has 5 heteroatoms. The minimum atomic E-state index is 0.588. The molecule has 0 unspecified atom stereocenters. The zero-order chi connectivity index (χ0) is 14.1. The van der Waals surface area contributed by atoms with Crippen molar-refractivity contribution in [2.45, 2.75) is 52.1 Å². The number of rotatable bonds is 4. The lowest BCUT2D eigenvalue weighted by molar-refractivity contribution is 0.715. The van der Waals surface area contributed by atoms with Crippen LogP contribution in [0.1, 0.15) is 42.6 Å². The Morgan fingerprint density at radius 1 is 1.25 bits per heavy atom. The number of hydrogen-bond acceptors (Lipinski definition) is 3. The minimum Gasteiger partial charge on any atom is -0.353 e. The SMILES string of the molecule is Cc1cn(Cc2cn(C)nc2C)c(NC2CCCC2)n1. The summed E-state index contributed by atoms with van der Waals surface area (Å²) >= 11 is 0. The van der Waals surface area contributed by atoms with Crippen molar-refractivity contribution in [2.75, 3.05) is 5.32 Å². The first-order valence-corrected chi connectivity index (χ1v) is 7.41. The number of nitrogens with zero attached hydrogens (tertiary/aromatic N) is 4. The van der Waals surface area contributed by atoms with Crippen molar-refractivity contribution >= 4 is 5.95 Å². The molecule has 1 aliphatic carbocycles. The van der Waals surface area contributed by atoms with Gasteiger partial charge in [-0.2, -0.15) is 5.10 Å². The second-order valence-corrected chi connectivity index (χ2v) is 5.87. The number of hydrogen-bond donors (Lipinski definition) is 1. The molecule has 0 aromatic carbocycles. The van der Waals surface area contributed by atoms with E-state index in [1.165, 1.54) is 31.2 Å². The summed E-state index contributed by atoms with van der Waals surface area (Å²) in [5.41, 5.74) is 3.40. The molecule has 0 amide bonds. The van der Waals surface area contributed by atoms with Gasteiger partial charge in [0.25, 0.3) is 0 Å². The maximum atomic E-state index is 4.63. The van der Waals surface area contributed by atoms with Gasteiger partial charge < -0.3 is 9.88 Å². The highest BCUT2D eigenvalue weighted by Crippen LogP contribution is 2.22. The van der Waals surface area contributed by atoms with E-state index in [1.54, 1.807) is 0 Å². The van der Waals surface area contributed by atoms with E-state index in [4.69, 9.17) is 0 Å². The summed E-state index contributed by atoms with van der Waals surface area (Å²) in [6.07, 6.45) is 9.39. The van der Waals surface area contributed by atoms with Crippen LogP contribution in [0.25, 0.3) is 0 Å². The molecule has 1 fully saturated rings. The number of aromatic nitrogens is 4. The van der Waals surface area contributed by atoms with E-state index in [1.807, 2.05) is 18.7 Å². The molecule has 108 valence electrons. The molecule has 0 saturated heterocycles. The van der Waals surface area contributed by atoms with E-state index in [-0.39, 0.29) is 0 Å². The van der Waals surface area contributed by atoms with Gasteiger partial charge in [0, 0.05) is 31.0 Å². The maximum absolute atomic E-state index is 4.63. The predicted octanol–water partition coefficient (Wildman–Crippen LogP) is 2.64. The van der Waals surface area contributed by atoms with E-state index >= 15 is 0 Å². The number of nitrogens with one attached hydrogen (secondary N) is 1. The van der Waals surface area contributed by atoms with Gasteiger partial charge in [-0.3, -0.25) is 4.68 Å². The Morgan fingerprint density at radius 3 is 2.65 bits per heavy atom. The summed E-state index contributed by atoms with van der Waals surface area (Å²) in [6, 6.07) is 0.588. The summed E-state index contributed by atoms with van der Waals surface area (Å²) in [5.74, 6) is 0.998. The van der Waals surface area contributed by atoms with Crippen LogP contribution < -0.4 is 5.32 Å². The molecule has 2 aromatic heterocycles. The Morgan fingerprint density at radius 2 is 2.00 bits per heavy atom. The topological polar surface area (TPSA) is 47.7 Å². The maximum Gasteiger partial charge on any atom is 0.203 e. The van der Waals surface area contributed by atoms with Crippen LogP contribution in [0.15, 0.2) is 12.4 Å². The summed E-state index contributed by atoms with van der Waals surface area (Å²) in [6.45, 7) is 4.94. The second kappa shape index (κ2) is 5.31. The van der Waals surface area contributed by atoms with Crippen LogP contribution in [0, 0.1) is 13.8 Å². The number of aryl methyl sites for hydroxylation is 3. The van der Waals surface area contributed by atoms with Crippen molar-refractivity contribution in [1.82, 2.24) is 19.3 Å². The lowest BCUT2D eigenvalue weighted by Gasteiger charge is -2.14. The average molecular weight is 273 g/mol. The molecule has 2 aromatic rings. The molecule has 0 aliphatic heterocycles. The quantitative estimate of drug-likeness (QED) is 0.931. The van der Waals surface area contributed by atoms with E-state index in [0.717, 1.165) is 23.9 Å². The second-order valence-electron chi connectivity index (χ2n) is 5.87. The van der Waals surface area contributed by atoms with E-state index in [9.17, 15) is 0 Å². The fourth-order valence-electron chi connectivity index (χ4n) is 3.02. The van der Waals surface area contributed by atoms with Crippen LogP contribution in [0.3, 0.4) is 0 Å². The lowest BCUT2D eigenvalue weighted by atomic mass is 10.2. The monoisotopic (exact) mass is 273 g/mol. The predicted molar refractivity (Wildman–Crippen MR) is 79.9 cm³/mol. The van der Waals surface area contributed by atoms with Crippen LogP contribution in [-0.2, 0) is 13.6 Å². The van der Waals surface area contributed by atoms with Crippen molar-refractivity contribution in [3.63, 3.8) is 0 Å². The molecular formula is C15H23N5. The van der Waals surface area contributed by atoms with Gasteiger partial charge >= 0.3 is 0 Å². The van der Waals surface area contributed by atoms with E-state index < -0.39 is 0 Å². The Labute approximate surface area is 120 Å². The Kier molecular flexibility index (Phi) is 3.51. The lowest BCUT2D eigenvalue weighted by Crippen LogP contribution is -2.18. The third kappa shape index (κ3) is 2.71. The molecule has 20 heavy (non-hydrogen) atoms. The zero-order valence-electron chi connectivity index (χ0n) is 12.6. The molecule has 1 aliphatic rings. The largest absolute Gasteiger partial charge is 0.353 e. The molecule has 0 bridgehead atoms.